The average Bonchev–Trinajstić information content (AvgIpc) is 2.73. The van der Waals surface area contributed by atoms with Gasteiger partial charge in [-0.2, -0.15) is 4.39 Å². The Balaban J connectivity index is 1.73. The van der Waals surface area contributed by atoms with Crippen molar-refractivity contribution in [1.82, 2.24) is 0 Å². The molecule has 0 aliphatic heterocycles. The zero-order valence-electron chi connectivity index (χ0n) is 16.5. The molecule has 0 fully saturated rings. The summed E-state index contributed by atoms with van der Waals surface area (Å²) in [5.74, 6) is -3.30. The van der Waals surface area contributed by atoms with Gasteiger partial charge in [0, 0.05) is 0 Å². The molecule has 0 amide bonds. The molecule has 0 bridgehead atoms. The largest absolute Gasteiger partial charge is 0.494 e. The Morgan fingerprint density at radius 3 is 2.38 bits per heavy atom. The minimum atomic E-state index is -1.21. The van der Waals surface area contributed by atoms with E-state index in [4.69, 9.17) is 14.2 Å². The lowest BCUT2D eigenvalue weighted by atomic mass is 10.1. The third-order valence-electron chi connectivity index (χ3n) is 4.28. The predicted molar refractivity (Wildman–Crippen MR) is 103 cm³/mol. The van der Waals surface area contributed by atoms with Crippen LogP contribution >= 0.6 is 0 Å². The van der Waals surface area contributed by atoms with Crippen LogP contribution in [-0.2, 0) is 9.53 Å². The first kappa shape index (κ1) is 22.3. The maximum Gasteiger partial charge on any atom is 0.343 e. The van der Waals surface area contributed by atoms with Crippen molar-refractivity contribution in [2.75, 3.05) is 13.2 Å². The first-order valence-electron chi connectivity index (χ1n) is 9.48. The highest BCUT2D eigenvalue weighted by Crippen LogP contribution is 2.21. The number of hydrogen-bond donors (Lipinski definition) is 0. The molecule has 0 aliphatic carbocycles. The Labute approximate surface area is 168 Å². The molecule has 2 aromatic rings. The van der Waals surface area contributed by atoms with E-state index in [-0.39, 0.29) is 17.5 Å². The van der Waals surface area contributed by atoms with Gasteiger partial charge in [-0.1, -0.05) is 19.9 Å². The summed E-state index contributed by atoms with van der Waals surface area (Å²) >= 11 is 0. The van der Waals surface area contributed by atoms with Gasteiger partial charge in [0.2, 0.25) is 5.82 Å². The molecule has 5 nitrogen and oxygen atoms in total. The normalized spacial score (nSPS) is 11.6. The molecular weight excluding hydrogens is 382 g/mol. The molecule has 2 aromatic carbocycles. The van der Waals surface area contributed by atoms with Crippen molar-refractivity contribution in [1.29, 1.82) is 0 Å². The summed E-state index contributed by atoms with van der Waals surface area (Å²) in [5, 5.41) is 0. The van der Waals surface area contributed by atoms with Gasteiger partial charge in [0.1, 0.15) is 5.75 Å². The van der Waals surface area contributed by atoms with E-state index >= 15 is 0 Å². The number of carbonyl (C=O) groups excluding carboxylic acids is 2. The van der Waals surface area contributed by atoms with Crippen LogP contribution in [-0.4, -0.2) is 25.2 Å². The van der Waals surface area contributed by atoms with E-state index in [1.807, 2.05) is 13.8 Å². The second kappa shape index (κ2) is 11.1. The van der Waals surface area contributed by atoms with Crippen molar-refractivity contribution < 1.29 is 32.6 Å². The maximum absolute atomic E-state index is 13.6. The third-order valence-corrected chi connectivity index (χ3v) is 4.28. The van der Waals surface area contributed by atoms with Crippen LogP contribution < -0.4 is 9.47 Å². The third kappa shape index (κ3) is 6.85. The summed E-state index contributed by atoms with van der Waals surface area (Å²) in [6.07, 6.45) is 2.14. The van der Waals surface area contributed by atoms with E-state index in [1.54, 1.807) is 12.1 Å². The average molecular weight is 406 g/mol. The summed E-state index contributed by atoms with van der Waals surface area (Å²) in [5.41, 5.74) is 0.179. The molecule has 0 radical (unpaired) electrons. The molecule has 0 spiro atoms. The molecule has 156 valence electrons. The fourth-order valence-electron chi connectivity index (χ4n) is 2.28. The first-order valence-corrected chi connectivity index (χ1v) is 9.48. The van der Waals surface area contributed by atoms with Gasteiger partial charge in [-0.25, -0.2) is 9.18 Å². The fraction of sp³-hybridized carbons (Fsp3) is 0.364. The van der Waals surface area contributed by atoms with Gasteiger partial charge in [0.05, 0.1) is 24.7 Å². The summed E-state index contributed by atoms with van der Waals surface area (Å²) in [7, 11) is 0. The SMILES string of the molecule is CCC(C)C(=O)OCCCCOc1ccc(C(=O)Oc2cccc(F)c2F)cc1. The summed E-state index contributed by atoms with van der Waals surface area (Å²) in [6.45, 7) is 4.55. The van der Waals surface area contributed by atoms with E-state index in [9.17, 15) is 18.4 Å². The zero-order chi connectivity index (χ0) is 21.2. The topological polar surface area (TPSA) is 61.8 Å². The second-order valence-corrected chi connectivity index (χ2v) is 6.50. The van der Waals surface area contributed by atoms with Gasteiger partial charge >= 0.3 is 11.9 Å². The van der Waals surface area contributed by atoms with E-state index < -0.39 is 23.4 Å². The molecule has 1 atom stereocenters. The molecule has 0 N–H and O–H groups in total. The standard InChI is InChI=1S/C22H24F2O5/c1-3-15(2)21(25)28-14-5-4-13-27-17-11-9-16(10-12-17)22(26)29-19-8-6-7-18(23)20(19)24/h6-12,15H,3-5,13-14H2,1-2H3. The van der Waals surface area contributed by atoms with E-state index in [2.05, 4.69) is 0 Å². The molecule has 0 heterocycles. The van der Waals surface area contributed by atoms with Gasteiger partial charge in [-0.3, -0.25) is 4.79 Å². The van der Waals surface area contributed by atoms with E-state index in [1.165, 1.54) is 24.3 Å². The quantitative estimate of drug-likeness (QED) is 0.318. The zero-order valence-corrected chi connectivity index (χ0v) is 16.5. The van der Waals surface area contributed by atoms with Crippen molar-refractivity contribution in [2.45, 2.75) is 33.1 Å². The minimum Gasteiger partial charge on any atom is -0.494 e. The number of benzene rings is 2. The molecule has 0 saturated carbocycles. The van der Waals surface area contributed by atoms with Crippen LogP contribution in [0.5, 0.6) is 11.5 Å². The molecule has 29 heavy (non-hydrogen) atoms. The van der Waals surface area contributed by atoms with Crippen LogP contribution in [0.25, 0.3) is 0 Å². The fourth-order valence-corrected chi connectivity index (χ4v) is 2.28. The number of halogens is 2. The molecule has 2 rings (SSSR count). The van der Waals surface area contributed by atoms with Crippen LogP contribution in [0.4, 0.5) is 8.78 Å². The predicted octanol–water partition coefficient (Wildman–Crippen LogP) is 4.93. The highest BCUT2D eigenvalue weighted by Gasteiger charge is 2.15. The van der Waals surface area contributed by atoms with Gasteiger partial charge < -0.3 is 14.2 Å². The summed E-state index contributed by atoms with van der Waals surface area (Å²) < 4.78 is 42.3. The lowest BCUT2D eigenvalue weighted by Crippen LogP contribution is -2.15. The van der Waals surface area contributed by atoms with Gasteiger partial charge in [0.25, 0.3) is 0 Å². The number of ether oxygens (including phenoxy) is 3. The highest BCUT2D eigenvalue weighted by atomic mass is 19.2. The molecule has 7 heteroatoms. The Morgan fingerprint density at radius 2 is 1.69 bits per heavy atom. The van der Waals surface area contributed by atoms with Crippen molar-refractivity contribution in [2.24, 2.45) is 5.92 Å². The van der Waals surface area contributed by atoms with Crippen LogP contribution in [0.3, 0.4) is 0 Å². The highest BCUT2D eigenvalue weighted by molar-refractivity contribution is 5.91. The Kier molecular flexibility index (Phi) is 8.58. The van der Waals surface area contributed by atoms with Crippen molar-refractivity contribution in [3.8, 4) is 11.5 Å². The molecule has 0 saturated heterocycles. The maximum atomic E-state index is 13.6. The minimum absolute atomic E-state index is 0.0890. The Bertz CT molecular complexity index is 820. The number of carbonyl (C=O) groups is 2. The number of hydrogen-bond acceptors (Lipinski definition) is 5. The van der Waals surface area contributed by atoms with Crippen molar-refractivity contribution in [3.63, 3.8) is 0 Å². The van der Waals surface area contributed by atoms with Crippen molar-refractivity contribution in [3.05, 3.63) is 59.7 Å². The first-order chi connectivity index (χ1) is 13.9. The lowest BCUT2D eigenvalue weighted by molar-refractivity contribution is -0.148. The van der Waals surface area contributed by atoms with Crippen LogP contribution in [0, 0.1) is 17.6 Å². The van der Waals surface area contributed by atoms with Gasteiger partial charge in [0.15, 0.2) is 11.6 Å². The molecule has 1 unspecified atom stereocenters. The monoisotopic (exact) mass is 406 g/mol. The number of esters is 2. The Hall–Kier alpha value is -2.96. The number of rotatable bonds is 10. The summed E-state index contributed by atoms with van der Waals surface area (Å²) in [4.78, 5) is 23.6. The molecule has 0 aliphatic rings. The molecular formula is C22H24F2O5. The van der Waals surface area contributed by atoms with Gasteiger partial charge in [-0.05, 0) is 55.7 Å². The number of unbranched alkanes of at least 4 members (excludes halogenated alkanes) is 1. The van der Waals surface area contributed by atoms with Crippen molar-refractivity contribution >= 4 is 11.9 Å². The summed E-state index contributed by atoms with van der Waals surface area (Å²) in [6, 6.07) is 9.49. The molecule has 0 aromatic heterocycles. The second-order valence-electron chi connectivity index (χ2n) is 6.50. The van der Waals surface area contributed by atoms with Crippen LogP contribution in [0.15, 0.2) is 42.5 Å². The lowest BCUT2D eigenvalue weighted by Gasteiger charge is -2.10. The van der Waals surface area contributed by atoms with Gasteiger partial charge in [-0.15, -0.1) is 0 Å². The van der Waals surface area contributed by atoms with Crippen LogP contribution in [0.1, 0.15) is 43.5 Å². The van der Waals surface area contributed by atoms with E-state index in [0.717, 1.165) is 12.5 Å². The Morgan fingerprint density at radius 1 is 1.00 bits per heavy atom. The smallest absolute Gasteiger partial charge is 0.343 e. The van der Waals surface area contributed by atoms with Crippen LogP contribution in [0.2, 0.25) is 0 Å². The van der Waals surface area contributed by atoms with E-state index in [0.29, 0.717) is 31.8 Å².